The van der Waals surface area contributed by atoms with Crippen molar-refractivity contribution in [2.24, 2.45) is 0 Å². The first-order valence-corrected chi connectivity index (χ1v) is 8.26. The van der Waals surface area contributed by atoms with Crippen molar-refractivity contribution in [1.29, 1.82) is 0 Å². The number of nitrogens with zero attached hydrogens (tertiary/aromatic N) is 1. The Morgan fingerprint density at radius 1 is 1.30 bits per heavy atom. The number of rotatable bonds is 9. The van der Waals surface area contributed by atoms with Gasteiger partial charge in [-0.15, -0.1) is 11.3 Å². The summed E-state index contributed by atoms with van der Waals surface area (Å²) in [5.74, 6) is -0.686. The molecule has 0 bridgehead atoms. The molecule has 0 atom stereocenters. The van der Waals surface area contributed by atoms with Gasteiger partial charge >= 0.3 is 5.97 Å². The topological polar surface area (TPSA) is 77.5 Å². The Balaban J connectivity index is 1.63. The molecule has 23 heavy (non-hydrogen) atoms. The minimum Gasteiger partial charge on any atom is -0.456 e. The summed E-state index contributed by atoms with van der Waals surface area (Å²) in [6.45, 7) is 0.593. The minimum absolute atomic E-state index is 0.246. The highest BCUT2D eigenvalue weighted by Crippen LogP contribution is 2.22. The van der Waals surface area contributed by atoms with Crippen molar-refractivity contribution in [1.82, 2.24) is 10.3 Å². The second-order valence-corrected chi connectivity index (χ2v) is 6.05. The van der Waals surface area contributed by atoms with Crippen molar-refractivity contribution in [2.75, 3.05) is 26.9 Å². The normalized spacial score (nSPS) is 10.7. The quantitative estimate of drug-likeness (QED) is 0.559. The van der Waals surface area contributed by atoms with Gasteiger partial charge in [0, 0.05) is 20.1 Å². The van der Waals surface area contributed by atoms with Gasteiger partial charge in [-0.25, -0.2) is 4.98 Å². The van der Waals surface area contributed by atoms with Gasteiger partial charge in [0.05, 0.1) is 21.8 Å². The van der Waals surface area contributed by atoms with E-state index in [9.17, 15) is 9.59 Å². The molecule has 1 amide bonds. The van der Waals surface area contributed by atoms with E-state index in [1.54, 1.807) is 18.4 Å². The van der Waals surface area contributed by atoms with E-state index >= 15 is 0 Å². The van der Waals surface area contributed by atoms with Crippen molar-refractivity contribution in [3.63, 3.8) is 0 Å². The fraction of sp³-hybridized carbons (Fsp3) is 0.438. The number of carbonyl (C=O) groups excluding carboxylic acids is 2. The lowest BCUT2D eigenvalue weighted by molar-refractivity contribution is -0.148. The van der Waals surface area contributed by atoms with Crippen LogP contribution < -0.4 is 5.32 Å². The number of fused-ring (bicyclic) bond motifs is 1. The van der Waals surface area contributed by atoms with Crippen LogP contribution in [-0.2, 0) is 25.5 Å². The van der Waals surface area contributed by atoms with Crippen molar-refractivity contribution < 1.29 is 19.1 Å². The number of para-hydroxylation sites is 1. The average molecular weight is 336 g/mol. The van der Waals surface area contributed by atoms with Crippen LogP contribution in [0.25, 0.3) is 10.2 Å². The Kier molecular flexibility index (Phi) is 6.96. The van der Waals surface area contributed by atoms with Gasteiger partial charge in [-0.05, 0) is 25.0 Å². The molecule has 2 aromatic rings. The Hall–Kier alpha value is -1.99. The van der Waals surface area contributed by atoms with E-state index in [1.165, 1.54) is 0 Å². The molecule has 0 spiro atoms. The number of nitrogens with one attached hydrogen (secondary N) is 1. The van der Waals surface area contributed by atoms with E-state index in [0.29, 0.717) is 19.6 Å². The summed E-state index contributed by atoms with van der Waals surface area (Å²) in [7, 11) is 1.55. The van der Waals surface area contributed by atoms with Crippen LogP contribution in [0.1, 0.15) is 17.8 Å². The van der Waals surface area contributed by atoms with Gasteiger partial charge in [-0.1, -0.05) is 12.1 Å². The first-order chi connectivity index (χ1) is 11.2. The van der Waals surface area contributed by atoms with E-state index in [2.05, 4.69) is 10.3 Å². The van der Waals surface area contributed by atoms with Gasteiger partial charge in [0.1, 0.15) is 0 Å². The predicted octanol–water partition coefficient (Wildman–Crippen LogP) is 1.92. The molecule has 6 nitrogen and oxygen atoms in total. The fourth-order valence-corrected chi connectivity index (χ4v) is 2.98. The summed E-state index contributed by atoms with van der Waals surface area (Å²) in [6, 6.07) is 7.96. The number of methoxy groups -OCH3 is 1. The number of hydrogen-bond acceptors (Lipinski definition) is 6. The van der Waals surface area contributed by atoms with Gasteiger partial charge in [0.25, 0.3) is 5.91 Å². The molecule has 1 aromatic carbocycles. The maximum atomic E-state index is 11.6. The maximum absolute atomic E-state index is 11.6. The number of amides is 1. The van der Waals surface area contributed by atoms with Crippen LogP contribution in [0.15, 0.2) is 24.3 Å². The van der Waals surface area contributed by atoms with Crippen LogP contribution in [0.2, 0.25) is 0 Å². The smallest absolute Gasteiger partial charge is 0.306 e. The van der Waals surface area contributed by atoms with E-state index < -0.39 is 0 Å². The summed E-state index contributed by atoms with van der Waals surface area (Å²) in [6.07, 6.45) is 1.67. The van der Waals surface area contributed by atoms with E-state index in [4.69, 9.17) is 9.47 Å². The zero-order valence-corrected chi connectivity index (χ0v) is 13.9. The zero-order valence-electron chi connectivity index (χ0n) is 13.0. The van der Waals surface area contributed by atoms with Crippen molar-refractivity contribution in [2.45, 2.75) is 19.3 Å². The summed E-state index contributed by atoms with van der Waals surface area (Å²) in [5, 5.41) is 3.60. The molecule has 0 unspecified atom stereocenters. The third-order valence-electron chi connectivity index (χ3n) is 3.10. The maximum Gasteiger partial charge on any atom is 0.306 e. The molecule has 1 aromatic heterocycles. The second kappa shape index (κ2) is 9.22. The monoisotopic (exact) mass is 336 g/mol. The minimum atomic E-state index is -0.368. The largest absolute Gasteiger partial charge is 0.456 e. The highest BCUT2D eigenvalue weighted by molar-refractivity contribution is 7.18. The Labute approximate surface area is 138 Å². The zero-order chi connectivity index (χ0) is 16.5. The molecule has 0 aliphatic rings. The lowest BCUT2D eigenvalue weighted by Gasteiger charge is -2.05. The Morgan fingerprint density at radius 2 is 2.13 bits per heavy atom. The molecule has 124 valence electrons. The summed E-state index contributed by atoms with van der Waals surface area (Å²) in [5.41, 5.74) is 0.989. The van der Waals surface area contributed by atoms with E-state index in [-0.39, 0.29) is 24.9 Å². The second-order valence-electron chi connectivity index (χ2n) is 4.93. The molecule has 0 aliphatic heterocycles. The molecule has 0 radical (unpaired) electrons. The van der Waals surface area contributed by atoms with E-state index in [0.717, 1.165) is 21.6 Å². The number of hydrogen-bond donors (Lipinski definition) is 1. The van der Waals surface area contributed by atoms with Crippen LogP contribution in [0.4, 0.5) is 0 Å². The Morgan fingerprint density at radius 3 is 2.91 bits per heavy atom. The third-order valence-corrected chi connectivity index (χ3v) is 4.20. The molecule has 2 rings (SSSR count). The summed E-state index contributed by atoms with van der Waals surface area (Å²) >= 11 is 1.64. The predicted molar refractivity (Wildman–Crippen MR) is 88.4 cm³/mol. The van der Waals surface area contributed by atoms with Gasteiger partial charge in [-0.3, -0.25) is 9.59 Å². The molecule has 0 aliphatic carbocycles. The van der Waals surface area contributed by atoms with E-state index in [1.807, 2.05) is 24.3 Å². The summed E-state index contributed by atoms with van der Waals surface area (Å²) < 4.78 is 10.9. The van der Waals surface area contributed by atoms with Gasteiger partial charge in [-0.2, -0.15) is 0 Å². The van der Waals surface area contributed by atoms with Crippen LogP contribution in [-0.4, -0.2) is 43.7 Å². The van der Waals surface area contributed by atoms with Crippen molar-refractivity contribution in [3.8, 4) is 0 Å². The molecular formula is C16H20N2O4S. The molecular weight excluding hydrogens is 316 g/mol. The van der Waals surface area contributed by atoms with Crippen LogP contribution in [0.5, 0.6) is 0 Å². The highest BCUT2D eigenvalue weighted by Gasteiger charge is 2.08. The average Bonchev–Trinajstić information content (AvgIpc) is 2.96. The first-order valence-electron chi connectivity index (χ1n) is 7.44. The number of ether oxygens (including phenoxy) is 2. The number of thiazole rings is 1. The van der Waals surface area contributed by atoms with Crippen LogP contribution >= 0.6 is 11.3 Å². The molecule has 0 saturated heterocycles. The van der Waals surface area contributed by atoms with Crippen molar-refractivity contribution in [3.05, 3.63) is 29.3 Å². The first kappa shape index (κ1) is 17.4. The van der Waals surface area contributed by atoms with Gasteiger partial charge in [0.2, 0.25) is 0 Å². The number of aromatic nitrogens is 1. The molecule has 0 fully saturated rings. The number of benzene rings is 1. The van der Waals surface area contributed by atoms with Crippen LogP contribution in [0.3, 0.4) is 0 Å². The number of esters is 1. The summed E-state index contributed by atoms with van der Waals surface area (Å²) in [4.78, 5) is 27.5. The molecule has 1 N–H and O–H groups in total. The highest BCUT2D eigenvalue weighted by atomic mass is 32.1. The van der Waals surface area contributed by atoms with Crippen molar-refractivity contribution >= 4 is 33.4 Å². The van der Waals surface area contributed by atoms with Crippen LogP contribution in [0, 0.1) is 0 Å². The number of aryl methyl sites for hydroxylation is 1. The number of carbonyl (C=O) groups is 2. The lowest BCUT2D eigenvalue weighted by Crippen LogP contribution is -2.31. The SMILES string of the molecule is COCCNC(=O)COC(=O)CCCc1nc2ccccc2s1. The van der Waals surface area contributed by atoms with Gasteiger partial charge in [0.15, 0.2) is 6.61 Å². The standard InChI is InChI=1S/C16H20N2O4S/c1-21-10-9-17-14(19)11-22-16(20)8-4-7-15-18-12-5-2-3-6-13(12)23-15/h2-3,5-6H,4,7-11H2,1H3,(H,17,19). The Bertz CT molecular complexity index is 623. The molecule has 7 heteroatoms. The third kappa shape index (κ3) is 5.96. The molecule has 0 saturated carbocycles. The van der Waals surface area contributed by atoms with Gasteiger partial charge < -0.3 is 14.8 Å². The molecule has 1 heterocycles. The fourth-order valence-electron chi connectivity index (χ4n) is 1.97. The lowest BCUT2D eigenvalue weighted by atomic mass is 10.2.